The van der Waals surface area contributed by atoms with Gasteiger partial charge in [0.15, 0.2) is 0 Å². The van der Waals surface area contributed by atoms with Gasteiger partial charge >= 0.3 is 0 Å². The highest BCUT2D eigenvalue weighted by atomic mass is 16.1. The summed E-state index contributed by atoms with van der Waals surface area (Å²) < 4.78 is 0. The van der Waals surface area contributed by atoms with Gasteiger partial charge in [-0.05, 0) is 35.7 Å². The molecule has 20 heavy (non-hydrogen) atoms. The molecule has 0 saturated heterocycles. The summed E-state index contributed by atoms with van der Waals surface area (Å²) in [6.07, 6.45) is 0. The van der Waals surface area contributed by atoms with Crippen LogP contribution in [0.4, 0.5) is 0 Å². The van der Waals surface area contributed by atoms with Crippen LogP contribution in [0.25, 0.3) is 0 Å². The highest BCUT2D eigenvalue weighted by Gasteiger charge is 2.09. The summed E-state index contributed by atoms with van der Waals surface area (Å²) >= 11 is 0. The molecule has 1 atom stereocenters. The molecule has 3 nitrogen and oxygen atoms in total. The van der Waals surface area contributed by atoms with E-state index in [0.29, 0.717) is 17.7 Å². The predicted molar refractivity (Wildman–Crippen MR) is 78.3 cm³/mol. The van der Waals surface area contributed by atoms with Crippen molar-refractivity contribution < 1.29 is 4.79 Å². The zero-order valence-electron chi connectivity index (χ0n) is 11.3. The fraction of sp³-hybridized carbons (Fsp3) is 0.176. The van der Waals surface area contributed by atoms with E-state index in [1.165, 1.54) is 5.56 Å². The number of benzene rings is 2. The van der Waals surface area contributed by atoms with Crippen molar-refractivity contribution >= 4 is 5.91 Å². The minimum atomic E-state index is -0.114. The van der Waals surface area contributed by atoms with E-state index >= 15 is 0 Å². The third-order valence-electron chi connectivity index (χ3n) is 3.21. The van der Waals surface area contributed by atoms with Crippen LogP contribution in [0.1, 0.15) is 34.3 Å². The first-order valence-corrected chi connectivity index (χ1v) is 6.54. The van der Waals surface area contributed by atoms with E-state index in [-0.39, 0.29) is 11.8 Å². The molecule has 0 aliphatic heterocycles. The molecule has 0 aromatic heterocycles. The standard InChI is InChI=1S/C17H16N2O/c1-13(15-5-3-2-4-6-15)12-19-17(20)16-9-7-14(11-18)8-10-16/h2-10,13H,12H2,1H3,(H,19,20)/t13-/m1/s1. The third kappa shape index (κ3) is 3.46. The fourth-order valence-electron chi connectivity index (χ4n) is 1.94. The molecule has 0 saturated carbocycles. The lowest BCUT2D eigenvalue weighted by Crippen LogP contribution is -2.27. The van der Waals surface area contributed by atoms with Crippen molar-refractivity contribution in [2.45, 2.75) is 12.8 Å². The molecule has 3 heteroatoms. The monoisotopic (exact) mass is 264 g/mol. The van der Waals surface area contributed by atoms with Crippen molar-refractivity contribution in [3.8, 4) is 6.07 Å². The number of hydrogen-bond acceptors (Lipinski definition) is 2. The molecule has 0 fully saturated rings. The normalized spacial score (nSPS) is 11.4. The summed E-state index contributed by atoms with van der Waals surface area (Å²) in [7, 11) is 0. The Kier molecular flexibility index (Phi) is 4.52. The lowest BCUT2D eigenvalue weighted by Gasteiger charge is -2.13. The smallest absolute Gasteiger partial charge is 0.251 e. The van der Waals surface area contributed by atoms with Crippen LogP contribution in [-0.4, -0.2) is 12.5 Å². The topological polar surface area (TPSA) is 52.9 Å². The van der Waals surface area contributed by atoms with Gasteiger partial charge in [-0.2, -0.15) is 5.26 Å². The molecule has 1 N–H and O–H groups in total. The zero-order chi connectivity index (χ0) is 14.4. The summed E-state index contributed by atoms with van der Waals surface area (Å²) in [5, 5.41) is 11.6. The molecule has 100 valence electrons. The molecule has 2 aromatic rings. The number of nitrogens with one attached hydrogen (secondary N) is 1. The quantitative estimate of drug-likeness (QED) is 0.922. The van der Waals surface area contributed by atoms with Gasteiger partial charge in [-0.1, -0.05) is 37.3 Å². The molecule has 2 rings (SSSR count). The second kappa shape index (κ2) is 6.53. The van der Waals surface area contributed by atoms with Crippen LogP contribution in [0.15, 0.2) is 54.6 Å². The van der Waals surface area contributed by atoms with Crippen molar-refractivity contribution in [2.24, 2.45) is 0 Å². The van der Waals surface area contributed by atoms with Gasteiger partial charge in [-0.15, -0.1) is 0 Å². The van der Waals surface area contributed by atoms with Crippen molar-refractivity contribution in [2.75, 3.05) is 6.54 Å². The van der Waals surface area contributed by atoms with Gasteiger partial charge in [-0.3, -0.25) is 4.79 Å². The van der Waals surface area contributed by atoms with Gasteiger partial charge in [0.1, 0.15) is 0 Å². The lowest BCUT2D eigenvalue weighted by molar-refractivity contribution is 0.0951. The van der Waals surface area contributed by atoms with Crippen LogP contribution in [-0.2, 0) is 0 Å². The van der Waals surface area contributed by atoms with Crippen molar-refractivity contribution in [3.05, 3.63) is 71.3 Å². The number of rotatable bonds is 4. The second-order valence-corrected chi connectivity index (χ2v) is 4.71. The lowest BCUT2D eigenvalue weighted by atomic mass is 10.0. The first-order valence-electron chi connectivity index (χ1n) is 6.54. The van der Waals surface area contributed by atoms with Gasteiger partial charge in [0, 0.05) is 12.1 Å². The van der Waals surface area contributed by atoms with Crippen LogP contribution in [0.3, 0.4) is 0 Å². The maximum Gasteiger partial charge on any atom is 0.251 e. The first kappa shape index (κ1) is 13.8. The van der Waals surface area contributed by atoms with Gasteiger partial charge in [0.25, 0.3) is 5.91 Å². The molecular formula is C17H16N2O. The Balaban J connectivity index is 1.93. The Morgan fingerprint density at radius 3 is 2.40 bits per heavy atom. The number of hydrogen-bond donors (Lipinski definition) is 1. The SMILES string of the molecule is C[C@H](CNC(=O)c1ccc(C#N)cc1)c1ccccc1. The summed E-state index contributed by atoms with van der Waals surface area (Å²) in [6.45, 7) is 2.66. The summed E-state index contributed by atoms with van der Waals surface area (Å²) in [6, 6.07) is 18.7. The highest BCUT2D eigenvalue weighted by molar-refractivity contribution is 5.94. The number of carbonyl (C=O) groups is 1. The van der Waals surface area contributed by atoms with E-state index in [0.717, 1.165) is 0 Å². The average molecular weight is 264 g/mol. The van der Waals surface area contributed by atoms with Gasteiger partial charge in [-0.25, -0.2) is 0 Å². The average Bonchev–Trinajstić information content (AvgIpc) is 2.53. The van der Waals surface area contributed by atoms with E-state index in [1.807, 2.05) is 24.3 Å². The Labute approximate surface area is 118 Å². The molecule has 0 radical (unpaired) electrons. The van der Waals surface area contributed by atoms with E-state index in [2.05, 4.69) is 24.4 Å². The minimum absolute atomic E-state index is 0.114. The van der Waals surface area contributed by atoms with Crippen molar-refractivity contribution in [1.29, 1.82) is 5.26 Å². The number of nitrogens with zero attached hydrogens (tertiary/aromatic N) is 1. The number of carbonyl (C=O) groups excluding carboxylic acids is 1. The minimum Gasteiger partial charge on any atom is -0.351 e. The summed E-state index contributed by atoms with van der Waals surface area (Å²) in [5.41, 5.74) is 2.33. The van der Waals surface area contributed by atoms with Crippen LogP contribution in [0, 0.1) is 11.3 Å². The van der Waals surface area contributed by atoms with Gasteiger partial charge in [0.2, 0.25) is 0 Å². The van der Waals surface area contributed by atoms with E-state index in [9.17, 15) is 4.79 Å². The molecule has 2 aromatic carbocycles. The Morgan fingerprint density at radius 2 is 1.80 bits per heavy atom. The van der Waals surface area contributed by atoms with Crippen LogP contribution in [0.2, 0.25) is 0 Å². The van der Waals surface area contributed by atoms with Crippen LogP contribution >= 0.6 is 0 Å². The maximum atomic E-state index is 12.0. The molecule has 0 aliphatic carbocycles. The molecular weight excluding hydrogens is 248 g/mol. The van der Waals surface area contributed by atoms with E-state index in [4.69, 9.17) is 5.26 Å². The molecule has 1 amide bonds. The van der Waals surface area contributed by atoms with E-state index < -0.39 is 0 Å². The highest BCUT2D eigenvalue weighted by Crippen LogP contribution is 2.13. The fourth-order valence-corrected chi connectivity index (χ4v) is 1.94. The van der Waals surface area contributed by atoms with Crippen LogP contribution in [0.5, 0.6) is 0 Å². The summed E-state index contributed by atoms with van der Waals surface area (Å²) in [5.74, 6) is 0.149. The van der Waals surface area contributed by atoms with Crippen molar-refractivity contribution in [3.63, 3.8) is 0 Å². The Morgan fingerprint density at radius 1 is 1.15 bits per heavy atom. The Bertz CT molecular complexity index is 612. The first-order chi connectivity index (χ1) is 9.70. The molecule has 0 spiro atoms. The summed E-state index contributed by atoms with van der Waals surface area (Å²) in [4.78, 5) is 12.0. The number of nitriles is 1. The maximum absolute atomic E-state index is 12.0. The van der Waals surface area contributed by atoms with Gasteiger partial charge in [0.05, 0.1) is 11.6 Å². The van der Waals surface area contributed by atoms with Crippen molar-refractivity contribution in [1.82, 2.24) is 5.32 Å². The zero-order valence-corrected chi connectivity index (χ0v) is 11.3. The third-order valence-corrected chi connectivity index (χ3v) is 3.21. The second-order valence-electron chi connectivity index (χ2n) is 4.71. The molecule has 0 heterocycles. The molecule has 0 unspecified atom stereocenters. The molecule has 0 bridgehead atoms. The van der Waals surface area contributed by atoms with Gasteiger partial charge < -0.3 is 5.32 Å². The largest absolute Gasteiger partial charge is 0.351 e. The van der Waals surface area contributed by atoms with E-state index in [1.54, 1.807) is 24.3 Å². The Hall–Kier alpha value is -2.60. The predicted octanol–water partition coefficient (Wildman–Crippen LogP) is 3.09. The van der Waals surface area contributed by atoms with Crippen LogP contribution < -0.4 is 5.32 Å². The number of amides is 1. The molecule has 0 aliphatic rings.